The molecule has 5 heteroatoms. The lowest BCUT2D eigenvalue weighted by atomic mass is 10.2. The van der Waals surface area contributed by atoms with Crippen molar-refractivity contribution in [1.29, 1.82) is 0 Å². The smallest absolute Gasteiger partial charge is 0.255 e. The maximum absolute atomic E-state index is 11.8. The number of hydrogen-bond donors (Lipinski definition) is 2. The predicted molar refractivity (Wildman–Crippen MR) is 71.9 cm³/mol. The monoisotopic (exact) mass is 259 g/mol. The van der Waals surface area contributed by atoms with Gasteiger partial charge in [0.15, 0.2) is 0 Å². The van der Waals surface area contributed by atoms with E-state index in [1.807, 2.05) is 10.8 Å². The van der Waals surface area contributed by atoms with Gasteiger partial charge in [-0.2, -0.15) is 0 Å². The molecule has 0 bridgehead atoms. The zero-order chi connectivity index (χ0) is 13.5. The van der Waals surface area contributed by atoms with Crippen molar-refractivity contribution in [3.8, 4) is 5.75 Å². The number of carbonyl (C=O) groups excluding carboxylic acids is 1. The molecule has 0 unspecified atom stereocenters. The first-order valence-electron chi connectivity index (χ1n) is 6.29. The number of amides is 1. The minimum Gasteiger partial charge on any atom is -0.507 e. The Morgan fingerprint density at radius 1 is 1.32 bits per heavy atom. The highest BCUT2D eigenvalue weighted by Crippen LogP contribution is 2.14. The maximum Gasteiger partial charge on any atom is 0.255 e. The van der Waals surface area contributed by atoms with Crippen LogP contribution in [-0.4, -0.2) is 27.1 Å². The fourth-order valence-electron chi connectivity index (χ4n) is 1.80. The van der Waals surface area contributed by atoms with Crippen LogP contribution in [-0.2, 0) is 6.54 Å². The molecule has 0 saturated heterocycles. The number of unbranched alkanes of at least 4 members (excludes halogenated alkanes) is 1. The van der Waals surface area contributed by atoms with Gasteiger partial charge >= 0.3 is 0 Å². The molecule has 2 aromatic rings. The van der Waals surface area contributed by atoms with Gasteiger partial charge in [0.25, 0.3) is 5.91 Å². The van der Waals surface area contributed by atoms with E-state index in [0.29, 0.717) is 12.1 Å². The van der Waals surface area contributed by atoms with Crippen LogP contribution in [0.25, 0.3) is 0 Å². The van der Waals surface area contributed by atoms with Crippen molar-refractivity contribution in [2.75, 3.05) is 6.54 Å². The number of nitrogens with zero attached hydrogens (tertiary/aromatic N) is 2. The molecule has 1 heterocycles. The molecule has 0 aliphatic carbocycles. The summed E-state index contributed by atoms with van der Waals surface area (Å²) < 4.78 is 2.00. The molecule has 1 aromatic heterocycles. The van der Waals surface area contributed by atoms with Crippen LogP contribution in [0.1, 0.15) is 23.2 Å². The molecule has 100 valence electrons. The normalized spacial score (nSPS) is 10.3. The molecule has 0 aliphatic rings. The number of aromatic nitrogens is 2. The number of carbonyl (C=O) groups is 1. The molecule has 5 nitrogen and oxygen atoms in total. The number of rotatable bonds is 6. The van der Waals surface area contributed by atoms with Crippen LogP contribution in [0.2, 0.25) is 0 Å². The lowest BCUT2D eigenvalue weighted by Gasteiger charge is -2.06. The summed E-state index contributed by atoms with van der Waals surface area (Å²) in [5.41, 5.74) is 0.317. The summed E-state index contributed by atoms with van der Waals surface area (Å²) in [4.78, 5) is 15.7. The number of phenolic OH excluding ortho intramolecular Hbond substituents is 1. The average Bonchev–Trinajstić information content (AvgIpc) is 2.92. The van der Waals surface area contributed by atoms with Gasteiger partial charge in [-0.1, -0.05) is 12.1 Å². The van der Waals surface area contributed by atoms with Gasteiger partial charge in [0, 0.05) is 25.5 Å². The van der Waals surface area contributed by atoms with E-state index in [9.17, 15) is 9.90 Å². The summed E-state index contributed by atoms with van der Waals surface area (Å²) in [7, 11) is 0. The van der Waals surface area contributed by atoms with E-state index in [1.54, 1.807) is 30.7 Å². The molecule has 0 radical (unpaired) electrons. The second-order valence-electron chi connectivity index (χ2n) is 4.28. The fourth-order valence-corrected chi connectivity index (χ4v) is 1.80. The standard InChI is InChI=1S/C14H17N3O2/c18-13-6-2-1-5-12(13)14(19)16-7-3-4-9-17-10-8-15-11-17/h1-2,5-6,8,10-11,18H,3-4,7,9H2,(H,16,19). The van der Waals surface area contributed by atoms with Crippen molar-refractivity contribution >= 4 is 5.91 Å². The quantitative estimate of drug-likeness (QED) is 0.777. The van der Waals surface area contributed by atoms with Crippen LogP contribution in [0.5, 0.6) is 5.75 Å². The SMILES string of the molecule is O=C(NCCCCn1ccnc1)c1ccccc1O. The van der Waals surface area contributed by atoms with Gasteiger partial charge in [0.2, 0.25) is 0 Å². The average molecular weight is 259 g/mol. The van der Waals surface area contributed by atoms with E-state index in [-0.39, 0.29) is 11.7 Å². The molecule has 0 fully saturated rings. The van der Waals surface area contributed by atoms with E-state index in [0.717, 1.165) is 19.4 Å². The van der Waals surface area contributed by atoms with Crippen LogP contribution in [0.4, 0.5) is 0 Å². The molecular formula is C14H17N3O2. The lowest BCUT2D eigenvalue weighted by molar-refractivity contribution is 0.0950. The molecule has 19 heavy (non-hydrogen) atoms. The summed E-state index contributed by atoms with van der Waals surface area (Å²) in [6, 6.07) is 6.54. The summed E-state index contributed by atoms with van der Waals surface area (Å²) in [5, 5.41) is 12.3. The van der Waals surface area contributed by atoms with E-state index < -0.39 is 0 Å². The van der Waals surface area contributed by atoms with E-state index in [2.05, 4.69) is 10.3 Å². The second-order valence-corrected chi connectivity index (χ2v) is 4.28. The highest BCUT2D eigenvalue weighted by Gasteiger charge is 2.08. The molecule has 0 spiro atoms. The number of aromatic hydroxyl groups is 1. The van der Waals surface area contributed by atoms with Crippen LogP contribution in [0.15, 0.2) is 43.0 Å². The van der Waals surface area contributed by atoms with Crippen molar-refractivity contribution in [1.82, 2.24) is 14.9 Å². The summed E-state index contributed by atoms with van der Waals surface area (Å²) in [6.45, 7) is 1.49. The first-order valence-corrected chi connectivity index (χ1v) is 6.29. The van der Waals surface area contributed by atoms with Crippen LogP contribution in [0, 0.1) is 0 Å². The highest BCUT2D eigenvalue weighted by atomic mass is 16.3. The topological polar surface area (TPSA) is 67.2 Å². The molecule has 0 atom stereocenters. The van der Waals surface area contributed by atoms with Crippen molar-refractivity contribution in [2.24, 2.45) is 0 Å². The van der Waals surface area contributed by atoms with Crippen LogP contribution in [0.3, 0.4) is 0 Å². The molecule has 0 saturated carbocycles. The number of hydrogen-bond acceptors (Lipinski definition) is 3. The van der Waals surface area contributed by atoms with Crippen molar-refractivity contribution < 1.29 is 9.90 Å². The third kappa shape index (κ3) is 3.84. The van der Waals surface area contributed by atoms with Crippen molar-refractivity contribution in [2.45, 2.75) is 19.4 Å². The first kappa shape index (κ1) is 13.1. The summed E-state index contributed by atoms with van der Waals surface area (Å²) in [5.74, 6) is -0.223. The van der Waals surface area contributed by atoms with Gasteiger partial charge in [-0.05, 0) is 25.0 Å². The van der Waals surface area contributed by atoms with E-state index in [4.69, 9.17) is 0 Å². The number of nitrogens with one attached hydrogen (secondary N) is 1. The van der Waals surface area contributed by atoms with Crippen molar-refractivity contribution in [3.63, 3.8) is 0 Å². The molecule has 0 aliphatic heterocycles. The zero-order valence-corrected chi connectivity index (χ0v) is 10.6. The highest BCUT2D eigenvalue weighted by molar-refractivity contribution is 5.96. The summed E-state index contributed by atoms with van der Waals surface area (Å²) in [6.07, 6.45) is 7.30. The number of para-hydroxylation sites is 1. The van der Waals surface area contributed by atoms with E-state index in [1.165, 1.54) is 6.07 Å². The zero-order valence-electron chi connectivity index (χ0n) is 10.6. The third-order valence-electron chi connectivity index (χ3n) is 2.84. The minimum absolute atomic E-state index is 0.0124. The van der Waals surface area contributed by atoms with Crippen LogP contribution >= 0.6 is 0 Å². The lowest BCUT2D eigenvalue weighted by Crippen LogP contribution is -2.24. The van der Waals surface area contributed by atoms with Gasteiger partial charge in [-0.25, -0.2) is 4.98 Å². The number of aryl methyl sites for hydroxylation is 1. The second kappa shape index (κ2) is 6.58. The Bertz CT molecular complexity index is 523. The van der Waals surface area contributed by atoms with Gasteiger partial charge in [0.05, 0.1) is 11.9 Å². The molecule has 2 rings (SSSR count). The van der Waals surface area contributed by atoms with Gasteiger partial charge < -0.3 is 15.0 Å². The Morgan fingerprint density at radius 2 is 2.16 bits per heavy atom. The number of phenols is 1. The van der Waals surface area contributed by atoms with Crippen LogP contribution < -0.4 is 5.32 Å². The van der Waals surface area contributed by atoms with E-state index >= 15 is 0 Å². The minimum atomic E-state index is -0.235. The maximum atomic E-state index is 11.8. The van der Waals surface area contributed by atoms with Gasteiger partial charge in [-0.15, -0.1) is 0 Å². The largest absolute Gasteiger partial charge is 0.507 e. The van der Waals surface area contributed by atoms with Gasteiger partial charge in [0.1, 0.15) is 5.75 Å². The Balaban J connectivity index is 1.68. The molecule has 2 N–H and O–H groups in total. The Morgan fingerprint density at radius 3 is 2.89 bits per heavy atom. The first-order chi connectivity index (χ1) is 9.27. The summed E-state index contributed by atoms with van der Waals surface area (Å²) >= 11 is 0. The Hall–Kier alpha value is -2.30. The molecule has 1 amide bonds. The predicted octanol–water partition coefficient (Wildman–Crippen LogP) is 1.80. The third-order valence-corrected chi connectivity index (χ3v) is 2.84. The molecule has 1 aromatic carbocycles. The van der Waals surface area contributed by atoms with Crippen molar-refractivity contribution in [3.05, 3.63) is 48.5 Å². The number of benzene rings is 1. The number of imidazole rings is 1. The van der Waals surface area contributed by atoms with Gasteiger partial charge in [-0.3, -0.25) is 4.79 Å². The fraction of sp³-hybridized carbons (Fsp3) is 0.286. The molecular weight excluding hydrogens is 242 g/mol. The Kier molecular flexibility index (Phi) is 4.55. The Labute approximate surface area is 111 Å².